The first-order valence-corrected chi connectivity index (χ1v) is 10.4. The van der Waals surface area contributed by atoms with Crippen molar-refractivity contribution < 1.29 is 18.7 Å². The van der Waals surface area contributed by atoms with Gasteiger partial charge in [-0.3, -0.25) is 0 Å². The lowest BCUT2D eigenvalue weighted by Crippen LogP contribution is -2.09. The highest BCUT2D eigenvalue weighted by atomic mass is 19.1. The van der Waals surface area contributed by atoms with E-state index in [9.17, 15) is 9.18 Å². The number of rotatable bonds is 12. The van der Waals surface area contributed by atoms with Gasteiger partial charge in [0.15, 0.2) is 11.6 Å². The molecule has 0 saturated heterocycles. The van der Waals surface area contributed by atoms with Crippen molar-refractivity contribution in [1.82, 2.24) is 0 Å². The van der Waals surface area contributed by atoms with Crippen LogP contribution < -0.4 is 9.47 Å². The number of unbranched alkanes of at least 4 members (excludes halogenated alkanes) is 5. The summed E-state index contributed by atoms with van der Waals surface area (Å²) >= 11 is 0. The van der Waals surface area contributed by atoms with Crippen LogP contribution in [0.15, 0.2) is 42.5 Å². The van der Waals surface area contributed by atoms with E-state index in [4.69, 9.17) is 9.47 Å². The Hall–Kier alpha value is -2.36. The minimum absolute atomic E-state index is 0.173. The zero-order valence-corrected chi connectivity index (χ0v) is 17.0. The van der Waals surface area contributed by atoms with Crippen LogP contribution in [0.4, 0.5) is 4.39 Å². The first kappa shape index (κ1) is 21.9. The molecule has 0 aliphatic carbocycles. The molecule has 0 fully saturated rings. The molecule has 0 spiro atoms. The molecule has 28 heavy (non-hydrogen) atoms. The first-order chi connectivity index (χ1) is 13.6. The molecular weight excluding hydrogens is 355 g/mol. The van der Waals surface area contributed by atoms with Crippen molar-refractivity contribution in [2.24, 2.45) is 0 Å². The molecule has 0 N–H and O–H groups in total. The summed E-state index contributed by atoms with van der Waals surface area (Å²) in [4.78, 5) is 12.2. The number of halogens is 1. The van der Waals surface area contributed by atoms with Crippen LogP contribution in [0.3, 0.4) is 0 Å². The third kappa shape index (κ3) is 7.34. The summed E-state index contributed by atoms with van der Waals surface area (Å²) in [5.74, 6) is -0.651. The van der Waals surface area contributed by atoms with E-state index >= 15 is 0 Å². The number of aryl methyl sites for hydroxylation is 1. The van der Waals surface area contributed by atoms with Crippen LogP contribution >= 0.6 is 0 Å². The number of carbonyl (C=O) groups is 1. The number of esters is 1. The van der Waals surface area contributed by atoms with Gasteiger partial charge in [-0.1, -0.05) is 64.5 Å². The molecule has 152 valence electrons. The maximum absolute atomic E-state index is 14.2. The van der Waals surface area contributed by atoms with Crippen LogP contribution in [0.5, 0.6) is 11.5 Å². The van der Waals surface area contributed by atoms with E-state index in [0.717, 1.165) is 25.7 Å². The number of benzene rings is 2. The van der Waals surface area contributed by atoms with Gasteiger partial charge in [-0.05, 0) is 42.7 Å². The van der Waals surface area contributed by atoms with Crippen LogP contribution in [0.2, 0.25) is 0 Å². The van der Waals surface area contributed by atoms with E-state index in [1.807, 2.05) is 12.1 Å². The zero-order valence-electron chi connectivity index (χ0n) is 17.0. The fourth-order valence-corrected chi connectivity index (χ4v) is 2.99. The summed E-state index contributed by atoms with van der Waals surface area (Å²) in [5.41, 5.74) is 1.63. The van der Waals surface area contributed by atoms with Gasteiger partial charge in [-0.2, -0.15) is 0 Å². The lowest BCUT2D eigenvalue weighted by atomic mass is 10.1. The van der Waals surface area contributed by atoms with Crippen molar-refractivity contribution in [1.29, 1.82) is 0 Å². The highest BCUT2D eigenvalue weighted by molar-refractivity contribution is 5.91. The monoisotopic (exact) mass is 386 g/mol. The molecule has 0 bridgehead atoms. The Kier molecular flexibility index (Phi) is 9.53. The topological polar surface area (TPSA) is 35.5 Å². The van der Waals surface area contributed by atoms with E-state index in [2.05, 4.69) is 13.8 Å². The minimum Gasteiger partial charge on any atom is -0.491 e. The third-order valence-electron chi connectivity index (χ3n) is 4.60. The van der Waals surface area contributed by atoms with E-state index in [1.165, 1.54) is 43.4 Å². The van der Waals surface area contributed by atoms with Gasteiger partial charge in [0.05, 0.1) is 12.2 Å². The van der Waals surface area contributed by atoms with Gasteiger partial charge < -0.3 is 9.47 Å². The maximum Gasteiger partial charge on any atom is 0.343 e. The van der Waals surface area contributed by atoms with E-state index < -0.39 is 11.8 Å². The number of hydrogen-bond acceptors (Lipinski definition) is 3. The second-order valence-corrected chi connectivity index (χ2v) is 7.04. The molecule has 2 aromatic rings. The summed E-state index contributed by atoms with van der Waals surface area (Å²) in [5, 5.41) is 0. The van der Waals surface area contributed by atoms with Crippen molar-refractivity contribution in [3.8, 4) is 11.5 Å². The van der Waals surface area contributed by atoms with Crippen molar-refractivity contribution >= 4 is 5.97 Å². The van der Waals surface area contributed by atoms with Crippen molar-refractivity contribution in [3.63, 3.8) is 0 Å². The van der Waals surface area contributed by atoms with Gasteiger partial charge in [0.2, 0.25) is 0 Å². The normalized spacial score (nSPS) is 10.7. The largest absolute Gasteiger partial charge is 0.491 e. The highest BCUT2D eigenvalue weighted by Crippen LogP contribution is 2.24. The van der Waals surface area contributed by atoms with E-state index in [1.54, 1.807) is 18.2 Å². The Morgan fingerprint density at radius 1 is 0.893 bits per heavy atom. The van der Waals surface area contributed by atoms with Gasteiger partial charge in [-0.15, -0.1) is 0 Å². The Morgan fingerprint density at radius 2 is 1.61 bits per heavy atom. The molecule has 2 aromatic carbocycles. The molecule has 4 heteroatoms. The predicted molar refractivity (Wildman–Crippen MR) is 111 cm³/mol. The summed E-state index contributed by atoms with van der Waals surface area (Å²) in [6.07, 6.45) is 8.95. The fraction of sp³-hybridized carbons (Fsp3) is 0.458. The molecule has 0 heterocycles. The molecule has 0 aliphatic heterocycles. The number of hydrogen-bond donors (Lipinski definition) is 0. The standard InChI is InChI=1S/C24H31FO3/c1-3-5-6-7-8-9-17-27-23-16-15-21(18-22(23)25)28-24(26)20-13-11-19(10-4-2)12-14-20/h11-16,18H,3-10,17H2,1-2H3. The van der Waals surface area contributed by atoms with Crippen molar-refractivity contribution in [3.05, 3.63) is 59.4 Å². The Balaban J connectivity index is 1.81. The van der Waals surface area contributed by atoms with Crippen LogP contribution in [-0.2, 0) is 6.42 Å². The van der Waals surface area contributed by atoms with Crippen LogP contribution in [-0.4, -0.2) is 12.6 Å². The molecule has 3 nitrogen and oxygen atoms in total. The number of ether oxygens (including phenoxy) is 2. The molecule has 0 amide bonds. The lowest BCUT2D eigenvalue weighted by molar-refractivity contribution is 0.0734. The Labute approximate surface area is 167 Å². The average molecular weight is 387 g/mol. The third-order valence-corrected chi connectivity index (χ3v) is 4.60. The predicted octanol–water partition coefficient (Wildman–Crippen LogP) is 6.74. The van der Waals surface area contributed by atoms with Crippen LogP contribution in [0.1, 0.15) is 74.7 Å². The minimum atomic E-state index is -0.519. The zero-order chi connectivity index (χ0) is 20.2. The fourth-order valence-electron chi connectivity index (χ4n) is 2.99. The SMILES string of the molecule is CCCCCCCCOc1ccc(OC(=O)c2ccc(CCC)cc2)cc1F. The summed E-state index contributed by atoms with van der Waals surface area (Å²) in [6.45, 7) is 4.79. The summed E-state index contributed by atoms with van der Waals surface area (Å²) in [7, 11) is 0. The van der Waals surface area contributed by atoms with Gasteiger partial charge in [0, 0.05) is 6.07 Å². The smallest absolute Gasteiger partial charge is 0.343 e. The maximum atomic E-state index is 14.2. The highest BCUT2D eigenvalue weighted by Gasteiger charge is 2.11. The average Bonchev–Trinajstić information content (AvgIpc) is 2.69. The van der Waals surface area contributed by atoms with E-state index in [-0.39, 0.29) is 11.5 Å². The first-order valence-electron chi connectivity index (χ1n) is 10.4. The van der Waals surface area contributed by atoms with Crippen LogP contribution in [0.25, 0.3) is 0 Å². The molecule has 0 atom stereocenters. The summed E-state index contributed by atoms with van der Waals surface area (Å²) < 4.78 is 25.0. The Morgan fingerprint density at radius 3 is 2.29 bits per heavy atom. The molecule has 0 radical (unpaired) electrons. The van der Waals surface area contributed by atoms with Crippen LogP contribution in [0, 0.1) is 5.82 Å². The molecule has 0 saturated carbocycles. The van der Waals surface area contributed by atoms with E-state index in [0.29, 0.717) is 12.2 Å². The van der Waals surface area contributed by atoms with Gasteiger partial charge >= 0.3 is 5.97 Å². The van der Waals surface area contributed by atoms with Gasteiger partial charge in [0.1, 0.15) is 5.75 Å². The van der Waals surface area contributed by atoms with Gasteiger partial charge in [-0.25, -0.2) is 9.18 Å². The number of carbonyl (C=O) groups excluding carboxylic acids is 1. The Bertz CT molecular complexity index is 725. The van der Waals surface area contributed by atoms with Gasteiger partial charge in [0.25, 0.3) is 0 Å². The molecule has 0 aromatic heterocycles. The second-order valence-electron chi connectivity index (χ2n) is 7.04. The molecular formula is C24H31FO3. The quantitative estimate of drug-likeness (QED) is 0.230. The van der Waals surface area contributed by atoms with Crippen molar-refractivity contribution in [2.75, 3.05) is 6.61 Å². The summed E-state index contributed by atoms with van der Waals surface area (Å²) in [6, 6.07) is 11.6. The second kappa shape index (κ2) is 12.2. The molecule has 0 aliphatic rings. The molecule has 2 rings (SSSR count). The lowest BCUT2D eigenvalue weighted by Gasteiger charge is -2.09. The molecule has 0 unspecified atom stereocenters. The van der Waals surface area contributed by atoms with Crippen molar-refractivity contribution in [2.45, 2.75) is 65.2 Å².